The quantitative estimate of drug-likeness (QED) is 0.453. The minimum atomic E-state index is -0.169. The highest BCUT2D eigenvalue weighted by molar-refractivity contribution is 5.90. The lowest BCUT2D eigenvalue weighted by Gasteiger charge is -2.30. The van der Waals surface area contributed by atoms with E-state index in [1.54, 1.807) is 13.4 Å². The zero-order chi connectivity index (χ0) is 22.2. The van der Waals surface area contributed by atoms with Crippen LogP contribution in [0.3, 0.4) is 0 Å². The maximum Gasteiger partial charge on any atom is 0.228 e. The van der Waals surface area contributed by atoms with Crippen LogP contribution in [-0.4, -0.2) is 42.2 Å². The summed E-state index contributed by atoms with van der Waals surface area (Å²) >= 11 is 0. The molecule has 1 atom stereocenters. The van der Waals surface area contributed by atoms with Crippen molar-refractivity contribution in [3.8, 4) is 17.4 Å². The average molecular weight is 427 g/mol. The first-order valence-corrected chi connectivity index (χ1v) is 10.7. The van der Waals surface area contributed by atoms with Crippen molar-refractivity contribution in [1.29, 1.82) is 5.41 Å². The van der Waals surface area contributed by atoms with Gasteiger partial charge >= 0.3 is 0 Å². The lowest BCUT2D eigenvalue weighted by atomic mass is 9.81. The Bertz CT molecular complexity index is 1340. The van der Waals surface area contributed by atoms with Gasteiger partial charge in [-0.15, -0.1) is 0 Å². The van der Waals surface area contributed by atoms with Gasteiger partial charge in [0.25, 0.3) is 0 Å². The number of hydrogen-bond donors (Lipinski definition) is 1. The van der Waals surface area contributed by atoms with Crippen molar-refractivity contribution in [2.45, 2.75) is 12.5 Å². The molecule has 4 aromatic rings. The second-order valence-electron chi connectivity index (χ2n) is 8.32. The van der Waals surface area contributed by atoms with Crippen LogP contribution < -0.4 is 15.0 Å². The molecule has 5 rings (SSSR count). The molecule has 0 unspecified atom stereocenters. The molecule has 0 spiro atoms. The summed E-state index contributed by atoms with van der Waals surface area (Å²) in [5.41, 5.74) is 3.37. The summed E-state index contributed by atoms with van der Waals surface area (Å²) < 4.78 is 13.5. The maximum absolute atomic E-state index is 9.08. The van der Waals surface area contributed by atoms with Gasteiger partial charge in [-0.2, -0.15) is 0 Å². The number of benzene rings is 3. The lowest BCUT2D eigenvalue weighted by Crippen LogP contribution is -2.32. The first-order valence-electron chi connectivity index (χ1n) is 10.7. The monoisotopic (exact) mass is 426 g/mol. The van der Waals surface area contributed by atoms with Crippen molar-refractivity contribution < 1.29 is 9.47 Å². The van der Waals surface area contributed by atoms with Crippen molar-refractivity contribution in [2.75, 3.05) is 27.7 Å². The molecule has 0 saturated carbocycles. The van der Waals surface area contributed by atoms with Gasteiger partial charge in [0.1, 0.15) is 23.3 Å². The van der Waals surface area contributed by atoms with Crippen LogP contribution in [0.2, 0.25) is 0 Å². The van der Waals surface area contributed by atoms with E-state index in [1.807, 2.05) is 49.0 Å². The summed E-state index contributed by atoms with van der Waals surface area (Å²) in [5.74, 6) is 1.92. The molecule has 0 amide bonds. The Labute approximate surface area is 187 Å². The number of hydrogen-bond acceptors (Lipinski definition) is 5. The van der Waals surface area contributed by atoms with E-state index in [4.69, 9.17) is 14.9 Å². The minimum absolute atomic E-state index is 0.169. The van der Waals surface area contributed by atoms with E-state index < -0.39 is 0 Å². The zero-order valence-electron chi connectivity index (χ0n) is 18.5. The molecule has 3 aromatic carbocycles. The molecule has 162 valence electrons. The van der Waals surface area contributed by atoms with Crippen LogP contribution in [0.4, 0.5) is 0 Å². The Balaban J connectivity index is 1.76. The summed E-state index contributed by atoms with van der Waals surface area (Å²) in [6.07, 6.45) is 1.71. The highest BCUT2D eigenvalue weighted by Crippen LogP contribution is 2.48. The highest BCUT2D eigenvalue weighted by atomic mass is 16.5. The number of rotatable bonds is 5. The smallest absolute Gasteiger partial charge is 0.228 e. The molecular weight excluding hydrogens is 400 g/mol. The van der Waals surface area contributed by atoms with Crippen LogP contribution in [0.5, 0.6) is 17.4 Å². The molecule has 0 bridgehead atoms. The highest BCUT2D eigenvalue weighted by Gasteiger charge is 2.33. The Kier molecular flexibility index (Phi) is 5.15. The lowest BCUT2D eigenvalue weighted by molar-refractivity contribution is 0.371. The number of aromatic nitrogens is 2. The van der Waals surface area contributed by atoms with Crippen LogP contribution in [0.25, 0.3) is 10.8 Å². The molecule has 0 fully saturated rings. The molecule has 2 heterocycles. The van der Waals surface area contributed by atoms with E-state index >= 15 is 0 Å². The third-order valence-electron chi connectivity index (χ3n) is 6.04. The molecule has 1 aliphatic heterocycles. The van der Waals surface area contributed by atoms with Crippen LogP contribution in [0.1, 0.15) is 22.6 Å². The molecule has 6 nitrogen and oxygen atoms in total. The molecule has 1 aromatic heterocycles. The first kappa shape index (κ1) is 20.3. The van der Waals surface area contributed by atoms with E-state index in [0.29, 0.717) is 17.9 Å². The standard InChI is InChI=1S/C26H26N4O2/c1-29(2)14-15-30-16-28-26-24(25(30)27)22(18-8-11-19(31-3)12-9-18)23-20-7-5-4-6-17(20)10-13-21(23)32-26/h4-13,16,22,27H,14-15H2,1-3H3/t22-/m1/s1. The molecule has 0 saturated heterocycles. The van der Waals surface area contributed by atoms with Crippen LogP contribution in [-0.2, 0) is 6.54 Å². The Morgan fingerprint density at radius 1 is 1.03 bits per heavy atom. The maximum atomic E-state index is 9.08. The van der Waals surface area contributed by atoms with Crippen molar-refractivity contribution >= 4 is 10.8 Å². The molecule has 0 radical (unpaired) electrons. The molecule has 6 heteroatoms. The van der Waals surface area contributed by atoms with Gasteiger partial charge in [0.2, 0.25) is 5.88 Å². The van der Waals surface area contributed by atoms with Crippen molar-refractivity contribution in [3.05, 3.63) is 89.2 Å². The van der Waals surface area contributed by atoms with E-state index in [9.17, 15) is 0 Å². The van der Waals surface area contributed by atoms with E-state index in [-0.39, 0.29) is 5.92 Å². The topological polar surface area (TPSA) is 63.4 Å². The van der Waals surface area contributed by atoms with Gasteiger partial charge in [0, 0.05) is 24.6 Å². The summed E-state index contributed by atoms with van der Waals surface area (Å²) in [7, 11) is 5.73. The van der Waals surface area contributed by atoms with Crippen LogP contribution >= 0.6 is 0 Å². The largest absolute Gasteiger partial charge is 0.497 e. The molecule has 1 N–H and O–H groups in total. The van der Waals surface area contributed by atoms with E-state index in [1.165, 1.54) is 0 Å². The number of ether oxygens (including phenoxy) is 2. The molecule has 32 heavy (non-hydrogen) atoms. The number of likely N-dealkylation sites (N-methyl/N-ethyl adjacent to an activating group) is 1. The number of nitrogens with zero attached hydrogens (tertiary/aromatic N) is 3. The second-order valence-corrected chi connectivity index (χ2v) is 8.32. The number of fused-ring (bicyclic) bond motifs is 4. The van der Waals surface area contributed by atoms with Gasteiger partial charge in [0.05, 0.1) is 12.7 Å². The predicted octanol–water partition coefficient (Wildman–Crippen LogP) is 4.37. The first-order chi connectivity index (χ1) is 15.6. The van der Waals surface area contributed by atoms with E-state index in [2.05, 4.69) is 40.2 Å². The summed E-state index contributed by atoms with van der Waals surface area (Å²) in [5, 5.41) is 11.3. The van der Waals surface area contributed by atoms with Gasteiger partial charge < -0.3 is 18.9 Å². The second kappa shape index (κ2) is 8.13. The third kappa shape index (κ3) is 3.42. The number of nitrogens with one attached hydrogen (secondary N) is 1. The average Bonchev–Trinajstić information content (AvgIpc) is 2.82. The van der Waals surface area contributed by atoms with Crippen molar-refractivity contribution in [3.63, 3.8) is 0 Å². The van der Waals surface area contributed by atoms with Gasteiger partial charge in [-0.25, -0.2) is 4.98 Å². The summed E-state index contributed by atoms with van der Waals surface area (Å²) in [6.45, 7) is 1.51. The van der Waals surface area contributed by atoms with E-state index in [0.717, 1.165) is 45.5 Å². The zero-order valence-corrected chi connectivity index (χ0v) is 18.5. The van der Waals surface area contributed by atoms with Crippen molar-refractivity contribution in [1.82, 2.24) is 14.5 Å². The normalized spacial score (nSPS) is 14.7. The molecular formula is C26H26N4O2. The van der Waals surface area contributed by atoms with Gasteiger partial charge in [-0.3, -0.25) is 5.41 Å². The summed E-state index contributed by atoms with van der Waals surface area (Å²) in [6, 6.07) is 20.5. The fraction of sp³-hybridized carbons (Fsp3) is 0.231. The minimum Gasteiger partial charge on any atom is -0.497 e. The SMILES string of the molecule is COc1ccc([C@H]2c3c(ncn(CCN(C)C)c3=N)Oc3ccc4ccccc4c32)cc1. The Morgan fingerprint density at radius 3 is 2.56 bits per heavy atom. The van der Waals surface area contributed by atoms with Gasteiger partial charge in [-0.1, -0.05) is 42.5 Å². The molecule has 1 aliphatic rings. The summed E-state index contributed by atoms with van der Waals surface area (Å²) in [4.78, 5) is 6.73. The number of methoxy groups -OCH3 is 1. The van der Waals surface area contributed by atoms with Crippen molar-refractivity contribution in [2.24, 2.45) is 0 Å². The molecule has 0 aliphatic carbocycles. The van der Waals surface area contributed by atoms with Gasteiger partial charge in [-0.05, 0) is 48.6 Å². The fourth-order valence-electron chi connectivity index (χ4n) is 4.36. The van der Waals surface area contributed by atoms with Gasteiger partial charge in [0.15, 0.2) is 0 Å². The van der Waals surface area contributed by atoms with Crippen LogP contribution in [0, 0.1) is 5.41 Å². The predicted molar refractivity (Wildman–Crippen MR) is 125 cm³/mol. The third-order valence-corrected chi connectivity index (χ3v) is 6.04. The Morgan fingerprint density at radius 2 is 1.81 bits per heavy atom. The van der Waals surface area contributed by atoms with Crippen LogP contribution in [0.15, 0.2) is 67.0 Å². The fourth-order valence-corrected chi connectivity index (χ4v) is 4.36. The Hall–Kier alpha value is -3.64.